The zero-order valence-electron chi connectivity index (χ0n) is 18.3. The molecule has 0 saturated carbocycles. The Balaban J connectivity index is 1.81. The summed E-state index contributed by atoms with van der Waals surface area (Å²) < 4.78 is 31.6. The number of hydrogen-bond acceptors (Lipinski definition) is 5. The fourth-order valence-corrected chi connectivity index (χ4v) is 3.35. The first-order chi connectivity index (χ1) is 16.0. The SMILES string of the molecule is COc1ccc(-n2nc(-c3ccc(OC)cc3OC)cc2C(=O)Nc2ccccc2F)cc1. The van der Waals surface area contributed by atoms with Crippen molar-refractivity contribution in [2.24, 2.45) is 0 Å². The molecule has 0 aliphatic carbocycles. The Labute approximate surface area is 190 Å². The molecule has 0 radical (unpaired) electrons. The highest BCUT2D eigenvalue weighted by Gasteiger charge is 2.21. The van der Waals surface area contributed by atoms with Gasteiger partial charge in [0.2, 0.25) is 0 Å². The van der Waals surface area contributed by atoms with E-state index >= 15 is 0 Å². The number of amides is 1. The van der Waals surface area contributed by atoms with Crippen molar-refractivity contribution in [1.82, 2.24) is 9.78 Å². The molecule has 33 heavy (non-hydrogen) atoms. The van der Waals surface area contributed by atoms with E-state index in [2.05, 4.69) is 10.4 Å². The van der Waals surface area contributed by atoms with Crippen molar-refractivity contribution in [2.75, 3.05) is 26.6 Å². The Morgan fingerprint density at radius 2 is 1.58 bits per heavy atom. The maximum absolute atomic E-state index is 14.1. The third-order valence-electron chi connectivity index (χ3n) is 5.07. The van der Waals surface area contributed by atoms with Crippen LogP contribution in [0.15, 0.2) is 72.8 Å². The second-order valence-corrected chi connectivity index (χ2v) is 7.02. The lowest BCUT2D eigenvalue weighted by Gasteiger charge is -2.10. The van der Waals surface area contributed by atoms with Gasteiger partial charge in [-0.05, 0) is 54.6 Å². The second-order valence-electron chi connectivity index (χ2n) is 7.02. The Hall–Kier alpha value is -4.33. The molecule has 1 heterocycles. The molecule has 0 fully saturated rings. The van der Waals surface area contributed by atoms with Crippen molar-refractivity contribution in [1.29, 1.82) is 0 Å². The maximum atomic E-state index is 14.1. The Bertz CT molecular complexity index is 1290. The average molecular weight is 447 g/mol. The Morgan fingerprint density at radius 3 is 2.24 bits per heavy atom. The van der Waals surface area contributed by atoms with Crippen molar-refractivity contribution in [3.63, 3.8) is 0 Å². The minimum atomic E-state index is -0.529. The van der Waals surface area contributed by atoms with Gasteiger partial charge in [-0.15, -0.1) is 0 Å². The highest BCUT2D eigenvalue weighted by molar-refractivity contribution is 6.04. The van der Waals surface area contributed by atoms with Gasteiger partial charge in [0.25, 0.3) is 5.91 Å². The van der Waals surface area contributed by atoms with E-state index in [0.29, 0.717) is 34.2 Å². The van der Waals surface area contributed by atoms with Gasteiger partial charge in [0.15, 0.2) is 0 Å². The van der Waals surface area contributed by atoms with Crippen molar-refractivity contribution in [2.45, 2.75) is 0 Å². The lowest BCUT2D eigenvalue weighted by Crippen LogP contribution is -2.17. The van der Waals surface area contributed by atoms with Crippen LogP contribution in [0.1, 0.15) is 10.5 Å². The van der Waals surface area contributed by atoms with E-state index in [0.717, 1.165) is 0 Å². The van der Waals surface area contributed by atoms with E-state index in [1.54, 1.807) is 82.0 Å². The van der Waals surface area contributed by atoms with Gasteiger partial charge < -0.3 is 19.5 Å². The molecule has 1 N–H and O–H groups in total. The summed E-state index contributed by atoms with van der Waals surface area (Å²) in [7, 11) is 4.69. The minimum absolute atomic E-state index is 0.0774. The number of methoxy groups -OCH3 is 3. The lowest BCUT2D eigenvalue weighted by molar-refractivity contribution is 0.101. The van der Waals surface area contributed by atoms with Gasteiger partial charge in [0.05, 0.1) is 38.4 Å². The van der Waals surface area contributed by atoms with Crippen molar-refractivity contribution in [3.05, 3.63) is 84.3 Å². The number of carbonyl (C=O) groups is 1. The molecule has 0 bridgehead atoms. The molecule has 0 aliphatic rings. The largest absolute Gasteiger partial charge is 0.497 e. The van der Waals surface area contributed by atoms with Crippen LogP contribution in [-0.4, -0.2) is 37.0 Å². The summed E-state index contributed by atoms with van der Waals surface area (Å²) in [5.74, 6) is 0.790. The third kappa shape index (κ3) is 4.50. The maximum Gasteiger partial charge on any atom is 0.274 e. The zero-order chi connectivity index (χ0) is 23.4. The average Bonchev–Trinajstić information content (AvgIpc) is 3.30. The molecule has 0 spiro atoms. The number of para-hydroxylation sites is 1. The Kier molecular flexibility index (Phi) is 6.26. The van der Waals surface area contributed by atoms with Gasteiger partial charge in [0, 0.05) is 11.6 Å². The molecule has 7 nitrogen and oxygen atoms in total. The van der Waals surface area contributed by atoms with Crippen molar-refractivity contribution >= 4 is 11.6 Å². The van der Waals surface area contributed by atoms with E-state index in [4.69, 9.17) is 14.2 Å². The number of benzene rings is 3. The van der Waals surface area contributed by atoms with Crippen LogP contribution in [0, 0.1) is 5.82 Å². The fraction of sp³-hybridized carbons (Fsp3) is 0.120. The van der Waals surface area contributed by atoms with Gasteiger partial charge in [-0.3, -0.25) is 4.79 Å². The number of ether oxygens (including phenoxy) is 3. The quantitative estimate of drug-likeness (QED) is 0.434. The number of nitrogens with zero attached hydrogens (tertiary/aromatic N) is 2. The van der Waals surface area contributed by atoms with Gasteiger partial charge >= 0.3 is 0 Å². The van der Waals surface area contributed by atoms with E-state index in [-0.39, 0.29) is 11.4 Å². The summed E-state index contributed by atoms with van der Waals surface area (Å²) in [6.45, 7) is 0. The Morgan fingerprint density at radius 1 is 0.879 bits per heavy atom. The molecular formula is C25H22FN3O4. The monoisotopic (exact) mass is 447 g/mol. The second kappa shape index (κ2) is 9.44. The van der Waals surface area contributed by atoms with Crippen LogP contribution < -0.4 is 19.5 Å². The van der Waals surface area contributed by atoms with Crippen LogP contribution >= 0.6 is 0 Å². The van der Waals surface area contributed by atoms with Gasteiger partial charge in [0.1, 0.15) is 28.8 Å². The van der Waals surface area contributed by atoms with Crippen LogP contribution in [-0.2, 0) is 0 Å². The lowest BCUT2D eigenvalue weighted by atomic mass is 10.1. The highest BCUT2D eigenvalue weighted by atomic mass is 19.1. The normalized spacial score (nSPS) is 10.5. The molecule has 168 valence electrons. The van der Waals surface area contributed by atoms with Crippen LogP contribution in [0.2, 0.25) is 0 Å². The molecule has 4 aromatic rings. The summed E-state index contributed by atoms with van der Waals surface area (Å²) in [5.41, 5.74) is 2.10. The number of halogens is 1. The highest BCUT2D eigenvalue weighted by Crippen LogP contribution is 2.34. The van der Waals surface area contributed by atoms with Crippen molar-refractivity contribution < 1.29 is 23.4 Å². The van der Waals surface area contributed by atoms with E-state index in [1.807, 2.05) is 0 Å². The van der Waals surface area contributed by atoms with Crippen LogP contribution in [0.25, 0.3) is 16.9 Å². The smallest absolute Gasteiger partial charge is 0.274 e. The number of nitrogens with one attached hydrogen (secondary N) is 1. The molecule has 0 saturated heterocycles. The molecule has 1 amide bonds. The van der Waals surface area contributed by atoms with E-state index in [1.165, 1.54) is 16.8 Å². The standard InChI is InChI=1S/C25H22FN3O4/c1-31-17-10-8-16(9-11-17)29-23(25(30)27-21-7-5-4-6-20(21)26)15-22(28-29)19-13-12-18(32-2)14-24(19)33-3/h4-15H,1-3H3,(H,27,30). The predicted octanol–water partition coefficient (Wildman–Crippen LogP) is 4.96. The van der Waals surface area contributed by atoms with Gasteiger partial charge in [-0.1, -0.05) is 12.1 Å². The first kappa shape index (κ1) is 21.9. The first-order valence-corrected chi connectivity index (χ1v) is 10.1. The fourth-order valence-electron chi connectivity index (χ4n) is 3.35. The number of anilines is 1. The minimum Gasteiger partial charge on any atom is -0.497 e. The topological polar surface area (TPSA) is 74.6 Å². The van der Waals surface area contributed by atoms with E-state index in [9.17, 15) is 9.18 Å². The van der Waals surface area contributed by atoms with Gasteiger partial charge in [-0.2, -0.15) is 5.10 Å². The summed E-state index contributed by atoms with van der Waals surface area (Å²) in [4.78, 5) is 13.2. The summed E-state index contributed by atoms with van der Waals surface area (Å²) in [6, 6.07) is 20.0. The zero-order valence-corrected chi connectivity index (χ0v) is 18.3. The molecule has 0 atom stereocenters. The number of aromatic nitrogens is 2. The molecule has 0 aliphatic heterocycles. The summed E-state index contributed by atoms with van der Waals surface area (Å²) in [5, 5.41) is 7.28. The van der Waals surface area contributed by atoms with Crippen molar-refractivity contribution in [3.8, 4) is 34.2 Å². The number of carbonyl (C=O) groups excluding carboxylic acids is 1. The van der Waals surface area contributed by atoms with Crippen LogP contribution in [0.5, 0.6) is 17.2 Å². The van der Waals surface area contributed by atoms with Crippen LogP contribution in [0.3, 0.4) is 0 Å². The molecule has 8 heteroatoms. The molecule has 1 aromatic heterocycles. The van der Waals surface area contributed by atoms with E-state index < -0.39 is 11.7 Å². The summed E-state index contributed by atoms with van der Waals surface area (Å²) in [6.07, 6.45) is 0. The molecule has 0 unspecified atom stereocenters. The first-order valence-electron chi connectivity index (χ1n) is 10.1. The molecule has 3 aromatic carbocycles. The van der Waals surface area contributed by atoms with Crippen LogP contribution in [0.4, 0.5) is 10.1 Å². The molecule has 4 rings (SSSR count). The number of rotatable bonds is 7. The number of hydrogen-bond donors (Lipinski definition) is 1. The summed E-state index contributed by atoms with van der Waals surface area (Å²) >= 11 is 0. The third-order valence-corrected chi connectivity index (χ3v) is 5.07. The predicted molar refractivity (Wildman–Crippen MR) is 123 cm³/mol. The van der Waals surface area contributed by atoms with Gasteiger partial charge in [-0.25, -0.2) is 9.07 Å². The molecular weight excluding hydrogens is 425 g/mol.